The van der Waals surface area contributed by atoms with Crippen LogP contribution in [0.3, 0.4) is 0 Å². The number of hydrogen-bond donors (Lipinski definition) is 3. The third kappa shape index (κ3) is 6.88. The first-order chi connectivity index (χ1) is 21.3. The molecule has 0 aromatic heterocycles. The van der Waals surface area contributed by atoms with Crippen molar-refractivity contribution in [3.63, 3.8) is 0 Å². The standard InChI is InChI=1S/C36H47N5O3/c1-23-17-24(2)39-35(34-22-44-34)32(23)20-38-36(42)31-18-28(19-33(25(31)3)40(4)30-11-9-29(37)10-12-30)27-7-5-26(6-8-27)21-41-13-15-43-16-14-41/h5-8,17-19,29-30,39H,9-16,20-22,37H2,1-4H3,(H,38,42)/b35-34-. The molecule has 44 heavy (non-hydrogen) atoms. The normalized spacial score (nSPS) is 23.9. The summed E-state index contributed by atoms with van der Waals surface area (Å²) in [7, 11) is 2.17. The maximum Gasteiger partial charge on any atom is 0.251 e. The lowest BCUT2D eigenvalue weighted by atomic mass is 9.89. The molecular weight excluding hydrogens is 550 g/mol. The highest BCUT2D eigenvalue weighted by molar-refractivity contribution is 5.99. The smallest absolute Gasteiger partial charge is 0.251 e. The molecule has 1 saturated carbocycles. The number of carbonyl (C=O) groups excluding carboxylic acids is 1. The van der Waals surface area contributed by atoms with Crippen LogP contribution in [0.25, 0.3) is 11.1 Å². The summed E-state index contributed by atoms with van der Waals surface area (Å²) in [6.45, 7) is 11.7. The molecule has 4 aliphatic rings. The highest BCUT2D eigenvalue weighted by Gasteiger charge is 2.28. The number of dihydropyridines is 1. The van der Waals surface area contributed by atoms with Crippen molar-refractivity contribution in [2.24, 2.45) is 5.73 Å². The van der Waals surface area contributed by atoms with E-state index in [9.17, 15) is 4.79 Å². The molecule has 1 amide bonds. The van der Waals surface area contributed by atoms with Gasteiger partial charge in [-0.15, -0.1) is 0 Å². The van der Waals surface area contributed by atoms with Gasteiger partial charge in [0.15, 0.2) is 5.76 Å². The Bertz CT molecular complexity index is 1470. The maximum atomic E-state index is 14.0. The SMILES string of the molecule is CC1=CC(C)=C(CNC(=O)c2cc(-c3ccc(CN4CCOCC4)cc3)cc(N(C)C3CCC(N)CC3)c2C)/C(=C2\CO2)N1. The summed E-state index contributed by atoms with van der Waals surface area (Å²) < 4.78 is 11.0. The topological polar surface area (TPSA) is 95.4 Å². The van der Waals surface area contributed by atoms with Gasteiger partial charge < -0.3 is 30.7 Å². The van der Waals surface area contributed by atoms with E-state index in [1.807, 2.05) is 6.92 Å². The van der Waals surface area contributed by atoms with Crippen LogP contribution in [0.1, 0.15) is 61.0 Å². The molecule has 2 aromatic rings. The van der Waals surface area contributed by atoms with Crippen LogP contribution < -0.4 is 21.3 Å². The first kappa shape index (κ1) is 30.4. The number of nitrogens with zero attached hydrogens (tertiary/aromatic N) is 2. The minimum Gasteiger partial charge on any atom is -0.484 e. The van der Waals surface area contributed by atoms with Gasteiger partial charge in [0.05, 0.1) is 18.9 Å². The van der Waals surface area contributed by atoms with Gasteiger partial charge in [-0.2, -0.15) is 0 Å². The van der Waals surface area contributed by atoms with Crippen molar-refractivity contribution in [3.8, 4) is 11.1 Å². The van der Waals surface area contributed by atoms with Gasteiger partial charge in [-0.1, -0.05) is 24.3 Å². The number of benzene rings is 2. The predicted molar refractivity (Wildman–Crippen MR) is 176 cm³/mol. The van der Waals surface area contributed by atoms with Gasteiger partial charge in [0.1, 0.15) is 6.61 Å². The second-order valence-corrected chi connectivity index (χ2v) is 12.8. The average molecular weight is 598 g/mol. The number of nitrogens with two attached hydrogens (primary N) is 1. The van der Waals surface area contributed by atoms with Crippen molar-refractivity contribution in [1.29, 1.82) is 0 Å². The molecule has 3 heterocycles. The molecule has 0 atom stereocenters. The van der Waals surface area contributed by atoms with Crippen LogP contribution in [0.15, 0.2) is 70.8 Å². The molecule has 4 N–H and O–H groups in total. The zero-order valence-electron chi connectivity index (χ0n) is 26.7. The zero-order valence-corrected chi connectivity index (χ0v) is 26.7. The highest BCUT2D eigenvalue weighted by Crippen LogP contribution is 2.35. The summed E-state index contributed by atoms with van der Waals surface area (Å²) in [5, 5.41) is 6.69. The van der Waals surface area contributed by atoms with E-state index >= 15 is 0 Å². The van der Waals surface area contributed by atoms with Gasteiger partial charge in [0, 0.05) is 67.8 Å². The zero-order chi connectivity index (χ0) is 30.8. The molecule has 0 unspecified atom stereocenters. The number of allylic oxidation sites excluding steroid dienone is 3. The molecule has 0 spiro atoms. The van der Waals surface area contributed by atoms with Crippen LogP contribution in [0.4, 0.5) is 5.69 Å². The van der Waals surface area contributed by atoms with Crippen molar-refractivity contribution in [2.45, 2.75) is 65.1 Å². The van der Waals surface area contributed by atoms with Crippen molar-refractivity contribution in [2.75, 3.05) is 51.4 Å². The molecule has 3 fully saturated rings. The number of nitrogens with one attached hydrogen (secondary N) is 2. The van der Waals surface area contributed by atoms with E-state index in [1.54, 1.807) is 0 Å². The second-order valence-electron chi connectivity index (χ2n) is 12.8. The molecule has 1 aliphatic carbocycles. The first-order valence-corrected chi connectivity index (χ1v) is 16.1. The number of rotatable bonds is 8. The van der Waals surface area contributed by atoms with Crippen molar-refractivity contribution >= 4 is 11.6 Å². The van der Waals surface area contributed by atoms with E-state index in [0.29, 0.717) is 24.8 Å². The largest absolute Gasteiger partial charge is 0.484 e. The Balaban J connectivity index is 1.28. The fourth-order valence-electron chi connectivity index (χ4n) is 6.80. The van der Waals surface area contributed by atoms with Crippen LogP contribution in [-0.2, 0) is 16.0 Å². The second kappa shape index (κ2) is 13.2. The first-order valence-electron chi connectivity index (χ1n) is 16.1. The number of ether oxygens (including phenoxy) is 2. The summed E-state index contributed by atoms with van der Waals surface area (Å²) in [6.07, 6.45) is 6.30. The van der Waals surface area contributed by atoms with Crippen LogP contribution in [0, 0.1) is 6.92 Å². The minimum atomic E-state index is -0.0683. The fraction of sp³-hybridized carbons (Fsp3) is 0.472. The lowest BCUT2D eigenvalue weighted by Crippen LogP contribution is -2.39. The van der Waals surface area contributed by atoms with Gasteiger partial charge in [0.2, 0.25) is 0 Å². The monoisotopic (exact) mass is 597 g/mol. The fourth-order valence-corrected chi connectivity index (χ4v) is 6.80. The number of amides is 1. The Kier molecular flexibility index (Phi) is 9.12. The summed E-state index contributed by atoms with van der Waals surface area (Å²) in [5.41, 5.74) is 16.8. The summed E-state index contributed by atoms with van der Waals surface area (Å²) in [5.74, 6) is 0.883. The van der Waals surface area contributed by atoms with Crippen molar-refractivity contribution < 1.29 is 14.3 Å². The maximum absolute atomic E-state index is 14.0. The Morgan fingerprint density at radius 2 is 1.75 bits per heavy atom. The summed E-state index contributed by atoms with van der Waals surface area (Å²) in [6, 6.07) is 13.8. The molecule has 6 rings (SSSR count). The lowest BCUT2D eigenvalue weighted by molar-refractivity contribution is 0.0342. The Labute approximate surface area is 262 Å². The predicted octanol–water partition coefficient (Wildman–Crippen LogP) is 5.00. The van der Waals surface area contributed by atoms with Crippen molar-refractivity contribution in [3.05, 3.63) is 87.5 Å². The summed E-state index contributed by atoms with van der Waals surface area (Å²) in [4.78, 5) is 18.8. The molecule has 2 saturated heterocycles. The number of morpholine rings is 1. The quantitative estimate of drug-likeness (QED) is 0.369. The van der Waals surface area contributed by atoms with Gasteiger partial charge in [-0.05, 0) is 92.5 Å². The van der Waals surface area contributed by atoms with Gasteiger partial charge in [0.25, 0.3) is 5.91 Å². The Hall–Kier alpha value is -3.59. The van der Waals surface area contributed by atoms with Crippen LogP contribution in [-0.4, -0.2) is 69.4 Å². The number of epoxide rings is 1. The van der Waals surface area contributed by atoms with E-state index in [-0.39, 0.29) is 11.9 Å². The Morgan fingerprint density at radius 3 is 2.43 bits per heavy atom. The highest BCUT2D eigenvalue weighted by atomic mass is 16.6. The van der Waals surface area contributed by atoms with Gasteiger partial charge in [-0.3, -0.25) is 9.69 Å². The summed E-state index contributed by atoms with van der Waals surface area (Å²) >= 11 is 0. The molecule has 8 heteroatoms. The number of carbonyl (C=O) groups is 1. The Morgan fingerprint density at radius 1 is 1.05 bits per heavy atom. The molecule has 0 bridgehead atoms. The molecule has 0 radical (unpaired) electrons. The number of hydrogen-bond acceptors (Lipinski definition) is 7. The molecule has 2 aromatic carbocycles. The third-order valence-electron chi connectivity index (χ3n) is 9.62. The average Bonchev–Trinajstić information content (AvgIpc) is 3.87. The van der Waals surface area contributed by atoms with E-state index in [4.69, 9.17) is 15.2 Å². The van der Waals surface area contributed by atoms with Gasteiger partial charge >= 0.3 is 0 Å². The molecule has 8 nitrogen and oxygen atoms in total. The van der Waals surface area contributed by atoms with Crippen molar-refractivity contribution in [1.82, 2.24) is 15.5 Å². The van der Waals surface area contributed by atoms with Gasteiger partial charge in [-0.25, -0.2) is 0 Å². The van der Waals surface area contributed by atoms with E-state index in [0.717, 1.165) is 109 Å². The van der Waals surface area contributed by atoms with Crippen LogP contribution >= 0.6 is 0 Å². The lowest BCUT2D eigenvalue weighted by Gasteiger charge is -2.36. The third-order valence-corrected chi connectivity index (χ3v) is 9.62. The molecule has 234 valence electrons. The van der Waals surface area contributed by atoms with E-state index in [1.165, 1.54) is 5.56 Å². The number of anilines is 1. The van der Waals surface area contributed by atoms with Crippen LogP contribution in [0.2, 0.25) is 0 Å². The minimum absolute atomic E-state index is 0.0683. The van der Waals surface area contributed by atoms with E-state index in [2.05, 4.69) is 83.8 Å². The van der Waals surface area contributed by atoms with E-state index < -0.39 is 0 Å². The van der Waals surface area contributed by atoms with Crippen LogP contribution in [0.5, 0.6) is 0 Å². The molecule has 3 aliphatic heterocycles. The molecular formula is C36H47N5O3.